The first-order valence-corrected chi connectivity index (χ1v) is 7.94. The number of nitrogens with one attached hydrogen (secondary N) is 1. The van der Waals surface area contributed by atoms with Crippen LogP contribution < -0.4 is 5.32 Å². The molecule has 1 aromatic carbocycles. The van der Waals surface area contributed by atoms with Gasteiger partial charge in [0.05, 0.1) is 0 Å². The maximum Gasteiger partial charge on any atom is 0.326 e. The average molecular weight is 327 g/mol. The second kappa shape index (κ2) is 9.92. The number of carboxylic acids is 1. The summed E-state index contributed by atoms with van der Waals surface area (Å²) in [5.74, 6) is -4.04. The van der Waals surface area contributed by atoms with Crippen LogP contribution in [-0.2, 0) is 4.79 Å². The van der Waals surface area contributed by atoms with Crippen LogP contribution in [0.5, 0.6) is 0 Å². The van der Waals surface area contributed by atoms with Gasteiger partial charge in [0, 0.05) is 5.56 Å². The van der Waals surface area contributed by atoms with E-state index in [9.17, 15) is 18.4 Å². The van der Waals surface area contributed by atoms with Crippen LogP contribution in [0.2, 0.25) is 0 Å². The Morgan fingerprint density at radius 1 is 1.09 bits per heavy atom. The van der Waals surface area contributed by atoms with Crippen molar-refractivity contribution in [3.8, 4) is 0 Å². The number of unbranched alkanes of at least 4 members (excludes halogenated alkanes) is 5. The van der Waals surface area contributed by atoms with Crippen molar-refractivity contribution in [1.29, 1.82) is 0 Å². The van der Waals surface area contributed by atoms with Crippen LogP contribution in [-0.4, -0.2) is 23.0 Å². The summed E-state index contributed by atoms with van der Waals surface area (Å²) >= 11 is 0. The molecule has 0 aliphatic heterocycles. The van der Waals surface area contributed by atoms with Crippen LogP contribution in [0.25, 0.3) is 0 Å². The van der Waals surface area contributed by atoms with Gasteiger partial charge in [0.15, 0.2) is 11.6 Å². The van der Waals surface area contributed by atoms with Crippen molar-refractivity contribution in [1.82, 2.24) is 5.32 Å². The molecule has 0 aliphatic carbocycles. The lowest BCUT2D eigenvalue weighted by atomic mass is 10.1. The van der Waals surface area contributed by atoms with Gasteiger partial charge in [-0.15, -0.1) is 0 Å². The van der Waals surface area contributed by atoms with Gasteiger partial charge in [-0.05, 0) is 24.6 Å². The molecule has 0 aliphatic rings. The lowest BCUT2D eigenvalue weighted by Crippen LogP contribution is -2.40. The monoisotopic (exact) mass is 327 g/mol. The van der Waals surface area contributed by atoms with E-state index in [-0.39, 0.29) is 5.56 Å². The van der Waals surface area contributed by atoms with Crippen LogP contribution in [0.4, 0.5) is 8.78 Å². The molecular weight excluding hydrogens is 304 g/mol. The molecule has 128 valence electrons. The number of carboxylic acid groups (broad SMARTS) is 1. The molecule has 1 amide bonds. The fourth-order valence-electron chi connectivity index (χ4n) is 2.27. The van der Waals surface area contributed by atoms with Gasteiger partial charge in [0.1, 0.15) is 6.04 Å². The number of hydrogen-bond donors (Lipinski definition) is 2. The van der Waals surface area contributed by atoms with Crippen LogP contribution in [0.1, 0.15) is 62.2 Å². The number of rotatable bonds is 10. The predicted octanol–water partition coefficient (Wildman–Crippen LogP) is 3.90. The van der Waals surface area contributed by atoms with E-state index in [4.69, 9.17) is 5.11 Å². The first-order valence-electron chi connectivity index (χ1n) is 7.94. The highest BCUT2D eigenvalue weighted by molar-refractivity contribution is 5.96. The molecule has 0 bridgehead atoms. The van der Waals surface area contributed by atoms with Crippen molar-refractivity contribution in [3.63, 3.8) is 0 Å². The number of amides is 1. The minimum absolute atomic E-state index is 0.0990. The molecule has 4 nitrogen and oxygen atoms in total. The third kappa shape index (κ3) is 6.76. The van der Waals surface area contributed by atoms with Crippen molar-refractivity contribution < 1.29 is 23.5 Å². The molecule has 1 rings (SSSR count). The molecule has 6 heteroatoms. The topological polar surface area (TPSA) is 66.4 Å². The SMILES string of the molecule is CCCCCCCC[C@H](NC(=O)c1ccc(F)c(F)c1)C(=O)O. The van der Waals surface area contributed by atoms with Gasteiger partial charge in [-0.3, -0.25) is 4.79 Å². The summed E-state index contributed by atoms with van der Waals surface area (Å²) < 4.78 is 26.0. The van der Waals surface area contributed by atoms with Crippen LogP contribution >= 0.6 is 0 Å². The maximum atomic E-state index is 13.1. The minimum atomic E-state index is -1.14. The highest BCUT2D eigenvalue weighted by Gasteiger charge is 2.20. The first kappa shape index (κ1) is 19.1. The molecule has 0 fully saturated rings. The Morgan fingerprint density at radius 2 is 1.74 bits per heavy atom. The minimum Gasteiger partial charge on any atom is -0.480 e. The Hall–Kier alpha value is -1.98. The van der Waals surface area contributed by atoms with Gasteiger partial charge in [0.2, 0.25) is 0 Å². The van der Waals surface area contributed by atoms with Crippen LogP contribution in [0, 0.1) is 11.6 Å². The molecule has 0 spiro atoms. The van der Waals surface area contributed by atoms with Gasteiger partial charge >= 0.3 is 5.97 Å². The largest absolute Gasteiger partial charge is 0.480 e. The highest BCUT2D eigenvalue weighted by Crippen LogP contribution is 2.11. The number of benzene rings is 1. The number of aliphatic carboxylic acids is 1. The molecule has 0 saturated heterocycles. The zero-order valence-electron chi connectivity index (χ0n) is 13.3. The van der Waals surface area contributed by atoms with Gasteiger partial charge in [-0.25, -0.2) is 13.6 Å². The van der Waals surface area contributed by atoms with Gasteiger partial charge in [-0.2, -0.15) is 0 Å². The molecule has 0 radical (unpaired) electrons. The second-order valence-electron chi connectivity index (χ2n) is 5.55. The Bertz CT molecular complexity index is 535. The third-order valence-corrected chi connectivity index (χ3v) is 3.63. The fraction of sp³-hybridized carbons (Fsp3) is 0.529. The van der Waals surface area contributed by atoms with E-state index in [1.165, 1.54) is 0 Å². The lowest BCUT2D eigenvalue weighted by Gasteiger charge is -2.14. The molecule has 0 saturated carbocycles. The Balaban J connectivity index is 2.49. The summed E-state index contributed by atoms with van der Waals surface area (Å²) in [5, 5.41) is 11.5. The Morgan fingerprint density at radius 3 is 2.35 bits per heavy atom. The fourth-order valence-corrected chi connectivity index (χ4v) is 2.27. The molecule has 0 heterocycles. The zero-order chi connectivity index (χ0) is 17.2. The van der Waals surface area contributed by atoms with E-state index in [1.807, 2.05) is 0 Å². The molecule has 1 atom stereocenters. The molecule has 2 N–H and O–H groups in total. The zero-order valence-corrected chi connectivity index (χ0v) is 13.3. The van der Waals surface area contributed by atoms with E-state index in [1.54, 1.807) is 0 Å². The van der Waals surface area contributed by atoms with E-state index >= 15 is 0 Å². The summed E-state index contributed by atoms with van der Waals surface area (Å²) in [6, 6.07) is 1.70. The summed E-state index contributed by atoms with van der Waals surface area (Å²) in [7, 11) is 0. The van der Waals surface area contributed by atoms with Crippen molar-refractivity contribution in [2.24, 2.45) is 0 Å². The van der Waals surface area contributed by atoms with E-state index in [2.05, 4.69) is 12.2 Å². The summed E-state index contributed by atoms with van der Waals surface area (Å²) in [6.45, 7) is 2.12. The molecule has 1 aromatic rings. The lowest BCUT2D eigenvalue weighted by molar-refractivity contribution is -0.139. The van der Waals surface area contributed by atoms with E-state index < -0.39 is 29.6 Å². The van der Waals surface area contributed by atoms with E-state index in [0.717, 1.165) is 50.3 Å². The average Bonchev–Trinajstić information content (AvgIpc) is 2.51. The highest BCUT2D eigenvalue weighted by atomic mass is 19.2. The summed E-state index contributed by atoms with van der Waals surface area (Å²) in [6.07, 6.45) is 6.38. The number of carbonyl (C=O) groups is 2. The molecular formula is C17H23F2NO3. The predicted molar refractivity (Wildman–Crippen MR) is 83.2 cm³/mol. The van der Waals surface area contributed by atoms with Gasteiger partial charge in [-0.1, -0.05) is 45.4 Å². The standard InChI is InChI=1S/C17H23F2NO3/c1-2-3-4-5-6-7-8-15(17(22)23)20-16(21)12-9-10-13(18)14(19)11-12/h9-11,15H,2-8H2,1H3,(H,20,21)(H,22,23)/t15-/m0/s1. The maximum absolute atomic E-state index is 13.1. The van der Waals surface area contributed by atoms with Crippen molar-refractivity contribution in [3.05, 3.63) is 35.4 Å². The molecule has 0 unspecified atom stereocenters. The third-order valence-electron chi connectivity index (χ3n) is 3.63. The quantitative estimate of drug-likeness (QED) is 0.641. The second-order valence-corrected chi connectivity index (χ2v) is 5.55. The smallest absolute Gasteiger partial charge is 0.326 e. The first-order chi connectivity index (χ1) is 11.0. The van der Waals surface area contributed by atoms with Gasteiger partial charge in [0.25, 0.3) is 5.91 Å². The number of carbonyl (C=O) groups excluding carboxylic acids is 1. The summed E-state index contributed by atoms with van der Waals surface area (Å²) in [5.41, 5.74) is -0.0990. The normalized spacial score (nSPS) is 12.0. The summed E-state index contributed by atoms with van der Waals surface area (Å²) in [4.78, 5) is 23.1. The van der Waals surface area contributed by atoms with Gasteiger partial charge < -0.3 is 10.4 Å². The Kier molecular flexibility index (Phi) is 8.22. The van der Waals surface area contributed by atoms with E-state index in [0.29, 0.717) is 12.8 Å². The molecule has 0 aromatic heterocycles. The number of halogens is 2. The molecule has 23 heavy (non-hydrogen) atoms. The van der Waals surface area contributed by atoms with Crippen molar-refractivity contribution in [2.45, 2.75) is 57.9 Å². The van der Waals surface area contributed by atoms with Crippen LogP contribution in [0.3, 0.4) is 0 Å². The number of hydrogen-bond acceptors (Lipinski definition) is 2. The Labute approximate surface area is 134 Å². The van der Waals surface area contributed by atoms with Crippen LogP contribution in [0.15, 0.2) is 18.2 Å². The van der Waals surface area contributed by atoms with Crippen molar-refractivity contribution >= 4 is 11.9 Å². The van der Waals surface area contributed by atoms with Crippen molar-refractivity contribution in [2.75, 3.05) is 0 Å².